The van der Waals surface area contributed by atoms with Crippen LogP contribution in [0.15, 0.2) is 42.5 Å². The average molecular weight is 432 g/mol. The molecule has 7 heteroatoms. The van der Waals surface area contributed by atoms with Crippen molar-refractivity contribution in [1.82, 2.24) is 9.80 Å². The molecular weight excluding hydrogens is 409 g/mol. The predicted molar refractivity (Wildman–Crippen MR) is 116 cm³/mol. The van der Waals surface area contributed by atoms with Gasteiger partial charge >= 0.3 is 0 Å². The van der Waals surface area contributed by atoms with Gasteiger partial charge in [-0.15, -0.1) is 0 Å². The van der Waals surface area contributed by atoms with E-state index in [1.165, 1.54) is 4.90 Å². The number of nitrogens with zero attached hydrogens (tertiary/aromatic N) is 3. The zero-order valence-corrected chi connectivity index (χ0v) is 17.6. The van der Waals surface area contributed by atoms with Gasteiger partial charge in [0, 0.05) is 37.7 Å². The number of rotatable bonds is 6. The van der Waals surface area contributed by atoms with Gasteiger partial charge in [0.25, 0.3) is 11.8 Å². The van der Waals surface area contributed by atoms with E-state index in [0.29, 0.717) is 22.7 Å². The molecule has 0 bridgehead atoms. The van der Waals surface area contributed by atoms with Crippen LogP contribution in [0.5, 0.6) is 0 Å². The van der Waals surface area contributed by atoms with Gasteiger partial charge in [0.1, 0.15) is 0 Å². The van der Waals surface area contributed by atoms with Crippen molar-refractivity contribution in [1.29, 1.82) is 0 Å². The molecule has 0 saturated carbocycles. The monoisotopic (exact) mass is 431 g/mol. The first-order chi connectivity index (χ1) is 14.0. The largest absolute Gasteiger partial charge is 0.368 e. The molecule has 29 heavy (non-hydrogen) atoms. The SMILES string of the molecule is O=C1c2ccccc2C(=O)N1CCCCN1CCN(c2cc(Cl)ccc2Cl)CC1. The van der Waals surface area contributed by atoms with Crippen molar-refractivity contribution >= 4 is 40.7 Å². The van der Waals surface area contributed by atoms with Crippen LogP contribution < -0.4 is 4.90 Å². The number of fused-ring (bicyclic) bond motifs is 1. The lowest BCUT2D eigenvalue weighted by atomic mass is 10.1. The third kappa shape index (κ3) is 4.27. The first-order valence-corrected chi connectivity index (χ1v) is 10.7. The Kier molecular flexibility index (Phi) is 6.09. The number of imide groups is 1. The van der Waals surface area contributed by atoms with E-state index < -0.39 is 0 Å². The summed E-state index contributed by atoms with van der Waals surface area (Å²) in [5.41, 5.74) is 2.03. The quantitative estimate of drug-likeness (QED) is 0.507. The lowest BCUT2D eigenvalue weighted by molar-refractivity contribution is 0.0650. The number of hydrogen-bond donors (Lipinski definition) is 0. The number of unbranched alkanes of at least 4 members (excludes halogenated alkanes) is 1. The Morgan fingerprint density at radius 2 is 1.41 bits per heavy atom. The Labute approximate surface area is 180 Å². The van der Waals surface area contributed by atoms with Gasteiger partial charge in [0.15, 0.2) is 0 Å². The molecule has 5 nitrogen and oxygen atoms in total. The van der Waals surface area contributed by atoms with E-state index in [2.05, 4.69) is 9.80 Å². The predicted octanol–water partition coefficient (Wildman–Crippen LogP) is 4.19. The van der Waals surface area contributed by atoms with Crippen LogP contribution in [0, 0.1) is 0 Å². The molecule has 0 unspecified atom stereocenters. The maximum absolute atomic E-state index is 12.4. The summed E-state index contributed by atoms with van der Waals surface area (Å²) in [6.07, 6.45) is 1.76. The van der Waals surface area contributed by atoms with Crippen LogP contribution in [0.1, 0.15) is 33.6 Å². The first kappa shape index (κ1) is 20.2. The Morgan fingerprint density at radius 3 is 2.07 bits per heavy atom. The molecule has 1 saturated heterocycles. The number of benzene rings is 2. The highest BCUT2D eigenvalue weighted by Gasteiger charge is 2.34. The fourth-order valence-electron chi connectivity index (χ4n) is 3.99. The van der Waals surface area contributed by atoms with Crippen molar-refractivity contribution < 1.29 is 9.59 Å². The number of hydrogen-bond acceptors (Lipinski definition) is 4. The number of amides is 2. The summed E-state index contributed by atoms with van der Waals surface area (Å²) in [5, 5.41) is 1.42. The lowest BCUT2D eigenvalue weighted by Crippen LogP contribution is -2.46. The van der Waals surface area contributed by atoms with E-state index in [1.54, 1.807) is 30.3 Å². The normalized spacial score (nSPS) is 17.2. The van der Waals surface area contributed by atoms with E-state index >= 15 is 0 Å². The standard InChI is InChI=1S/C22H23Cl2N3O2/c23-16-7-8-19(24)20(15-16)26-13-11-25(12-14-26)9-3-4-10-27-21(28)17-5-1-2-6-18(17)22(27)29/h1-2,5-8,15H,3-4,9-14H2. The summed E-state index contributed by atoms with van der Waals surface area (Å²) in [6.45, 7) is 5.15. The average Bonchev–Trinajstić information content (AvgIpc) is 2.98. The van der Waals surface area contributed by atoms with Crippen molar-refractivity contribution in [3.05, 3.63) is 63.6 Å². The lowest BCUT2D eigenvalue weighted by Gasteiger charge is -2.36. The second kappa shape index (κ2) is 8.74. The van der Waals surface area contributed by atoms with Crippen LogP contribution in [0.2, 0.25) is 10.0 Å². The smallest absolute Gasteiger partial charge is 0.261 e. The number of piperazine rings is 1. The molecule has 0 spiro atoms. The van der Waals surface area contributed by atoms with Crippen molar-refractivity contribution in [2.24, 2.45) is 0 Å². The highest BCUT2D eigenvalue weighted by Crippen LogP contribution is 2.29. The Morgan fingerprint density at radius 1 is 0.793 bits per heavy atom. The molecule has 0 aromatic heterocycles. The molecule has 4 rings (SSSR count). The molecule has 2 aliphatic rings. The molecule has 1 fully saturated rings. The molecule has 2 aliphatic heterocycles. The molecular formula is C22H23Cl2N3O2. The summed E-state index contributed by atoms with van der Waals surface area (Å²) < 4.78 is 0. The van der Waals surface area contributed by atoms with Crippen LogP contribution in [0.25, 0.3) is 0 Å². The van der Waals surface area contributed by atoms with E-state index in [4.69, 9.17) is 23.2 Å². The Hall–Kier alpha value is -2.08. The number of carbonyl (C=O) groups excluding carboxylic acids is 2. The fraction of sp³-hybridized carbons (Fsp3) is 0.364. The maximum Gasteiger partial charge on any atom is 0.261 e. The minimum Gasteiger partial charge on any atom is -0.368 e. The van der Waals surface area contributed by atoms with Gasteiger partial charge in [-0.2, -0.15) is 0 Å². The van der Waals surface area contributed by atoms with Crippen LogP contribution in [0.3, 0.4) is 0 Å². The van der Waals surface area contributed by atoms with Crippen LogP contribution in [0.4, 0.5) is 5.69 Å². The number of anilines is 1. The van der Waals surface area contributed by atoms with E-state index in [-0.39, 0.29) is 11.8 Å². The van der Waals surface area contributed by atoms with Crippen molar-refractivity contribution in [3.63, 3.8) is 0 Å². The van der Waals surface area contributed by atoms with Gasteiger partial charge in [-0.3, -0.25) is 19.4 Å². The van der Waals surface area contributed by atoms with Crippen LogP contribution >= 0.6 is 23.2 Å². The maximum atomic E-state index is 12.4. The molecule has 0 radical (unpaired) electrons. The van der Waals surface area contributed by atoms with E-state index in [9.17, 15) is 9.59 Å². The van der Waals surface area contributed by atoms with Crippen LogP contribution in [-0.4, -0.2) is 60.9 Å². The third-order valence-electron chi connectivity index (χ3n) is 5.61. The van der Waals surface area contributed by atoms with Gasteiger partial charge in [-0.1, -0.05) is 35.3 Å². The van der Waals surface area contributed by atoms with Gasteiger partial charge in [-0.25, -0.2) is 0 Å². The summed E-state index contributed by atoms with van der Waals surface area (Å²) in [5.74, 6) is -0.338. The van der Waals surface area contributed by atoms with Crippen molar-refractivity contribution in [2.75, 3.05) is 44.2 Å². The zero-order chi connectivity index (χ0) is 20.4. The second-order valence-corrected chi connectivity index (χ2v) is 8.28. The summed E-state index contributed by atoms with van der Waals surface area (Å²) in [6, 6.07) is 12.6. The zero-order valence-electron chi connectivity index (χ0n) is 16.1. The van der Waals surface area contributed by atoms with Crippen molar-refractivity contribution in [3.8, 4) is 0 Å². The van der Waals surface area contributed by atoms with E-state index in [0.717, 1.165) is 56.3 Å². The van der Waals surface area contributed by atoms with Gasteiger partial charge in [0.05, 0.1) is 21.8 Å². The minimum absolute atomic E-state index is 0.169. The summed E-state index contributed by atoms with van der Waals surface area (Å²) in [7, 11) is 0. The van der Waals surface area contributed by atoms with Gasteiger partial charge in [0.2, 0.25) is 0 Å². The van der Waals surface area contributed by atoms with Crippen molar-refractivity contribution in [2.45, 2.75) is 12.8 Å². The molecule has 152 valence electrons. The van der Waals surface area contributed by atoms with E-state index in [1.807, 2.05) is 12.1 Å². The van der Waals surface area contributed by atoms with Gasteiger partial charge in [-0.05, 0) is 49.7 Å². The third-order valence-corrected chi connectivity index (χ3v) is 6.16. The summed E-state index contributed by atoms with van der Waals surface area (Å²) in [4.78, 5) is 30.8. The Bertz CT molecular complexity index is 891. The molecule has 2 aromatic carbocycles. The highest BCUT2D eigenvalue weighted by atomic mass is 35.5. The molecule has 0 atom stereocenters. The molecule has 0 N–H and O–H groups in total. The molecule has 0 aliphatic carbocycles. The molecule has 2 amide bonds. The Balaban J connectivity index is 1.21. The van der Waals surface area contributed by atoms with Crippen LogP contribution in [-0.2, 0) is 0 Å². The first-order valence-electron chi connectivity index (χ1n) is 9.92. The van der Waals surface area contributed by atoms with Gasteiger partial charge < -0.3 is 4.90 Å². The number of halogens is 2. The minimum atomic E-state index is -0.169. The fourth-order valence-corrected chi connectivity index (χ4v) is 4.39. The second-order valence-electron chi connectivity index (χ2n) is 7.44. The topological polar surface area (TPSA) is 43.9 Å². The highest BCUT2D eigenvalue weighted by molar-refractivity contribution is 6.35. The summed E-state index contributed by atoms with van der Waals surface area (Å²) >= 11 is 12.4. The molecule has 2 aromatic rings. The molecule has 2 heterocycles. The number of carbonyl (C=O) groups is 2.